The lowest BCUT2D eigenvalue weighted by Gasteiger charge is -2.28. The Morgan fingerprint density at radius 1 is 1.35 bits per heavy atom. The Balaban J connectivity index is 2.09. The Hall–Kier alpha value is -1.09. The van der Waals surface area contributed by atoms with Crippen LogP contribution in [-0.4, -0.2) is 24.1 Å². The van der Waals surface area contributed by atoms with Crippen LogP contribution in [0.3, 0.4) is 0 Å². The molecule has 3 nitrogen and oxygen atoms in total. The van der Waals surface area contributed by atoms with Crippen molar-refractivity contribution in [3.05, 3.63) is 23.9 Å². The molecule has 1 unspecified atom stereocenters. The number of rotatable bonds is 3. The van der Waals surface area contributed by atoms with Crippen LogP contribution in [0.5, 0.6) is 0 Å². The highest BCUT2D eigenvalue weighted by Gasteiger charge is 2.17. The summed E-state index contributed by atoms with van der Waals surface area (Å²) in [5.74, 6) is 1.13. The Morgan fingerprint density at radius 2 is 2.24 bits per heavy atom. The molecule has 0 amide bonds. The van der Waals surface area contributed by atoms with Gasteiger partial charge in [0.05, 0.1) is 0 Å². The third-order valence-electron chi connectivity index (χ3n) is 3.59. The first kappa shape index (κ1) is 12.4. The van der Waals surface area contributed by atoms with Gasteiger partial charge in [-0.15, -0.1) is 0 Å². The molecule has 0 radical (unpaired) electrons. The van der Waals surface area contributed by atoms with Gasteiger partial charge in [-0.1, -0.05) is 18.9 Å². The molecule has 1 aliphatic rings. The van der Waals surface area contributed by atoms with Crippen LogP contribution in [0.1, 0.15) is 38.2 Å². The molecule has 2 rings (SSSR count). The van der Waals surface area contributed by atoms with Gasteiger partial charge in [0, 0.05) is 18.8 Å². The lowest BCUT2D eigenvalue weighted by Crippen LogP contribution is -2.33. The maximum atomic E-state index is 5.55. The molecule has 1 atom stereocenters. The third-order valence-corrected chi connectivity index (χ3v) is 3.59. The molecule has 3 heteroatoms. The molecule has 1 fully saturated rings. The molecule has 94 valence electrons. The van der Waals surface area contributed by atoms with Crippen LogP contribution >= 0.6 is 0 Å². The van der Waals surface area contributed by atoms with Gasteiger partial charge in [0.25, 0.3) is 0 Å². The van der Waals surface area contributed by atoms with Gasteiger partial charge in [-0.3, -0.25) is 0 Å². The largest absolute Gasteiger partial charge is 0.354 e. The average Bonchev–Trinajstić information content (AvgIpc) is 2.56. The van der Waals surface area contributed by atoms with Crippen molar-refractivity contribution in [3.63, 3.8) is 0 Å². The summed E-state index contributed by atoms with van der Waals surface area (Å²) in [6, 6.07) is 4.92. The minimum atomic E-state index is 0.616. The number of nitrogens with zero attached hydrogens (tertiary/aromatic N) is 2. The highest BCUT2D eigenvalue weighted by molar-refractivity contribution is 5.40. The molecule has 2 heterocycles. The molecule has 2 N–H and O–H groups in total. The summed E-state index contributed by atoms with van der Waals surface area (Å²) in [7, 11) is 0. The van der Waals surface area contributed by atoms with Gasteiger partial charge in [-0.25, -0.2) is 4.98 Å². The van der Waals surface area contributed by atoms with Crippen LogP contribution in [0.25, 0.3) is 0 Å². The average molecular weight is 233 g/mol. The molecular formula is C14H23N3. The SMILES string of the molecule is CC1CCCCCN1c1ccc(CCN)cn1. The van der Waals surface area contributed by atoms with Gasteiger partial charge in [0.15, 0.2) is 0 Å². The summed E-state index contributed by atoms with van der Waals surface area (Å²) in [6.07, 6.45) is 8.17. The third kappa shape index (κ3) is 3.19. The summed E-state index contributed by atoms with van der Waals surface area (Å²) >= 11 is 0. The van der Waals surface area contributed by atoms with Gasteiger partial charge >= 0.3 is 0 Å². The zero-order valence-electron chi connectivity index (χ0n) is 10.7. The molecule has 1 aliphatic heterocycles. The second-order valence-electron chi connectivity index (χ2n) is 4.96. The van der Waals surface area contributed by atoms with E-state index in [1.807, 2.05) is 6.20 Å². The monoisotopic (exact) mass is 233 g/mol. The predicted molar refractivity (Wildman–Crippen MR) is 72.3 cm³/mol. The van der Waals surface area contributed by atoms with Crippen LogP contribution < -0.4 is 10.6 Å². The van der Waals surface area contributed by atoms with Crippen molar-refractivity contribution in [2.75, 3.05) is 18.0 Å². The predicted octanol–water partition coefficient (Wildman–Crippen LogP) is 2.35. The first-order chi connectivity index (χ1) is 8.31. The molecular weight excluding hydrogens is 210 g/mol. The summed E-state index contributed by atoms with van der Waals surface area (Å²) < 4.78 is 0. The summed E-state index contributed by atoms with van der Waals surface area (Å²) in [5, 5.41) is 0. The van der Waals surface area contributed by atoms with Gasteiger partial charge in [0.1, 0.15) is 5.82 Å². The fraction of sp³-hybridized carbons (Fsp3) is 0.643. The van der Waals surface area contributed by atoms with E-state index < -0.39 is 0 Å². The van der Waals surface area contributed by atoms with E-state index in [-0.39, 0.29) is 0 Å². The van der Waals surface area contributed by atoms with Crippen molar-refractivity contribution in [2.24, 2.45) is 5.73 Å². The Morgan fingerprint density at radius 3 is 2.94 bits per heavy atom. The fourth-order valence-electron chi connectivity index (χ4n) is 2.52. The topological polar surface area (TPSA) is 42.1 Å². The van der Waals surface area contributed by atoms with Crippen molar-refractivity contribution < 1.29 is 0 Å². The van der Waals surface area contributed by atoms with E-state index in [4.69, 9.17) is 5.73 Å². The minimum absolute atomic E-state index is 0.616. The van der Waals surface area contributed by atoms with E-state index in [1.54, 1.807) is 0 Å². The molecule has 0 saturated carbocycles. The molecule has 0 aromatic carbocycles. The Kier molecular flexibility index (Phi) is 4.37. The fourth-order valence-corrected chi connectivity index (χ4v) is 2.52. The lowest BCUT2D eigenvalue weighted by molar-refractivity contribution is 0.611. The zero-order valence-corrected chi connectivity index (χ0v) is 10.7. The van der Waals surface area contributed by atoms with Gasteiger partial charge in [0.2, 0.25) is 0 Å². The summed E-state index contributed by atoms with van der Waals surface area (Å²) in [4.78, 5) is 7.03. The first-order valence-electron chi connectivity index (χ1n) is 6.73. The van der Waals surface area contributed by atoms with Gasteiger partial charge in [-0.2, -0.15) is 0 Å². The van der Waals surface area contributed by atoms with E-state index in [2.05, 4.69) is 28.9 Å². The molecule has 1 saturated heterocycles. The van der Waals surface area contributed by atoms with E-state index in [0.717, 1.165) is 18.8 Å². The van der Waals surface area contributed by atoms with Crippen LogP contribution in [-0.2, 0) is 6.42 Å². The highest BCUT2D eigenvalue weighted by Crippen LogP contribution is 2.22. The summed E-state index contributed by atoms with van der Waals surface area (Å²) in [5.41, 5.74) is 6.78. The number of aromatic nitrogens is 1. The normalized spacial score (nSPS) is 21.3. The van der Waals surface area contributed by atoms with Crippen LogP contribution in [0, 0.1) is 0 Å². The van der Waals surface area contributed by atoms with Crippen LogP contribution in [0.4, 0.5) is 5.82 Å². The molecule has 0 aliphatic carbocycles. The standard InChI is InChI=1S/C14H23N3/c1-12-5-3-2-4-10-17(12)14-7-6-13(8-9-15)11-16-14/h6-7,11-12H,2-5,8-10,15H2,1H3. The van der Waals surface area contributed by atoms with Crippen molar-refractivity contribution in [1.82, 2.24) is 4.98 Å². The number of hydrogen-bond acceptors (Lipinski definition) is 3. The van der Waals surface area contributed by atoms with Gasteiger partial charge < -0.3 is 10.6 Å². The first-order valence-corrected chi connectivity index (χ1v) is 6.73. The Labute approximate surface area is 104 Å². The lowest BCUT2D eigenvalue weighted by atomic mass is 10.1. The quantitative estimate of drug-likeness (QED) is 0.871. The van der Waals surface area contributed by atoms with E-state index in [9.17, 15) is 0 Å². The second-order valence-corrected chi connectivity index (χ2v) is 4.96. The number of anilines is 1. The van der Waals surface area contributed by atoms with E-state index in [1.165, 1.54) is 31.2 Å². The van der Waals surface area contributed by atoms with Crippen molar-refractivity contribution in [3.8, 4) is 0 Å². The van der Waals surface area contributed by atoms with Gasteiger partial charge in [-0.05, 0) is 44.4 Å². The van der Waals surface area contributed by atoms with Crippen molar-refractivity contribution in [2.45, 2.75) is 45.1 Å². The number of nitrogens with two attached hydrogens (primary N) is 1. The molecule has 1 aromatic heterocycles. The molecule has 1 aromatic rings. The number of hydrogen-bond donors (Lipinski definition) is 1. The van der Waals surface area contributed by atoms with E-state index >= 15 is 0 Å². The molecule has 17 heavy (non-hydrogen) atoms. The highest BCUT2D eigenvalue weighted by atomic mass is 15.2. The maximum absolute atomic E-state index is 5.55. The Bertz CT molecular complexity index is 334. The molecule has 0 bridgehead atoms. The minimum Gasteiger partial charge on any atom is -0.354 e. The second kappa shape index (κ2) is 6.01. The number of pyridine rings is 1. The smallest absolute Gasteiger partial charge is 0.128 e. The van der Waals surface area contributed by atoms with Crippen LogP contribution in [0.2, 0.25) is 0 Å². The zero-order chi connectivity index (χ0) is 12.1. The molecule has 0 spiro atoms. The van der Waals surface area contributed by atoms with Crippen molar-refractivity contribution >= 4 is 5.82 Å². The van der Waals surface area contributed by atoms with Crippen LogP contribution in [0.15, 0.2) is 18.3 Å². The van der Waals surface area contributed by atoms with Crippen molar-refractivity contribution in [1.29, 1.82) is 0 Å². The maximum Gasteiger partial charge on any atom is 0.128 e. The van der Waals surface area contributed by atoms with E-state index in [0.29, 0.717) is 12.6 Å². The summed E-state index contributed by atoms with van der Waals surface area (Å²) in [6.45, 7) is 4.15.